The summed E-state index contributed by atoms with van der Waals surface area (Å²) in [5, 5.41) is 3.36. The number of thioether (sulfide) groups is 1. The Labute approximate surface area is 100 Å². The molecule has 16 heavy (non-hydrogen) atoms. The van der Waals surface area contributed by atoms with Gasteiger partial charge in [0.05, 0.1) is 0 Å². The number of hydrogen-bond donors (Lipinski definition) is 2. The molecule has 0 aliphatic carbocycles. The van der Waals surface area contributed by atoms with Crippen molar-refractivity contribution in [2.24, 2.45) is 5.73 Å². The van der Waals surface area contributed by atoms with Crippen LogP contribution in [0.2, 0.25) is 0 Å². The number of amides is 1. The van der Waals surface area contributed by atoms with Crippen LogP contribution in [-0.4, -0.2) is 28.9 Å². The second-order valence-electron chi connectivity index (χ2n) is 3.50. The van der Waals surface area contributed by atoms with E-state index in [4.69, 9.17) is 5.73 Å². The van der Waals surface area contributed by atoms with E-state index in [0.29, 0.717) is 11.7 Å². The zero-order valence-electron chi connectivity index (χ0n) is 9.56. The maximum Gasteiger partial charge on any atom is 0.267 e. The van der Waals surface area contributed by atoms with E-state index in [1.807, 2.05) is 6.07 Å². The molecule has 1 aromatic heterocycles. The third-order valence-corrected chi connectivity index (χ3v) is 2.98. The van der Waals surface area contributed by atoms with E-state index < -0.39 is 5.91 Å². The van der Waals surface area contributed by atoms with Crippen molar-refractivity contribution in [1.29, 1.82) is 0 Å². The molecule has 0 aromatic carbocycles. The lowest BCUT2D eigenvalue weighted by molar-refractivity contribution is 0.0995. The van der Waals surface area contributed by atoms with Crippen LogP contribution in [0.5, 0.6) is 0 Å². The summed E-state index contributed by atoms with van der Waals surface area (Å²) < 4.78 is 0. The lowest BCUT2D eigenvalue weighted by atomic mass is 10.2. The molecule has 0 spiro atoms. The molecule has 0 aliphatic rings. The van der Waals surface area contributed by atoms with Gasteiger partial charge < -0.3 is 11.1 Å². The van der Waals surface area contributed by atoms with E-state index in [9.17, 15) is 4.79 Å². The van der Waals surface area contributed by atoms with Crippen LogP contribution in [0.1, 0.15) is 23.8 Å². The standard InChI is InChI=1S/C11H17N3OS/c1-3-8(7-16-2)14-9-4-5-13-10(6-9)11(12)15/h4-6,8H,3,7H2,1-2H3,(H2,12,15)(H,13,14). The predicted octanol–water partition coefficient (Wildman–Crippen LogP) is 1.73. The number of anilines is 1. The highest BCUT2D eigenvalue weighted by molar-refractivity contribution is 7.98. The molecule has 3 N–H and O–H groups in total. The Bertz CT molecular complexity index is 357. The van der Waals surface area contributed by atoms with Crippen molar-refractivity contribution in [3.63, 3.8) is 0 Å². The van der Waals surface area contributed by atoms with Crippen LogP contribution < -0.4 is 11.1 Å². The minimum Gasteiger partial charge on any atom is -0.381 e. The van der Waals surface area contributed by atoms with Gasteiger partial charge in [-0.3, -0.25) is 9.78 Å². The van der Waals surface area contributed by atoms with Crippen LogP contribution in [0.25, 0.3) is 0 Å². The lowest BCUT2D eigenvalue weighted by Gasteiger charge is -2.17. The van der Waals surface area contributed by atoms with Gasteiger partial charge in [-0.05, 0) is 24.8 Å². The van der Waals surface area contributed by atoms with Gasteiger partial charge >= 0.3 is 0 Å². The number of pyridine rings is 1. The predicted molar refractivity (Wildman–Crippen MR) is 68.8 cm³/mol. The van der Waals surface area contributed by atoms with E-state index >= 15 is 0 Å². The number of carbonyl (C=O) groups is 1. The monoisotopic (exact) mass is 239 g/mol. The maximum atomic E-state index is 11.0. The quantitative estimate of drug-likeness (QED) is 0.793. The first-order valence-corrected chi connectivity index (χ1v) is 6.58. The normalized spacial score (nSPS) is 12.1. The Kier molecular flexibility index (Phi) is 5.11. The Morgan fingerprint density at radius 2 is 2.44 bits per heavy atom. The number of nitrogens with two attached hydrogens (primary N) is 1. The molecule has 0 fully saturated rings. The SMILES string of the molecule is CCC(CSC)Nc1ccnc(C(N)=O)c1. The maximum absolute atomic E-state index is 11.0. The van der Waals surface area contributed by atoms with Crippen molar-refractivity contribution in [3.05, 3.63) is 24.0 Å². The Morgan fingerprint density at radius 3 is 3.00 bits per heavy atom. The fraction of sp³-hybridized carbons (Fsp3) is 0.455. The molecule has 1 amide bonds. The molecule has 5 heteroatoms. The zero-order valence-corrected chi connectivity index (χ0v) is 10.4. The number of primary amides is 1. The third kappa shape index (κ3) is 3.73. The first-order chi connectivity index (χ1) is 7.67. The zero-order chi connectivity index (χ0) is 12.0. The van der Waals surface area contributed by atoms with Gasteiger partial charge in [0, 0.05) is 23.7 Å². The minimum absolute atomic E-state index is 0.295. The van der Waals surface area contributed by atoms with Crippen LogP contribution in [0.15, 0.2) is 18.3 Å². The van der Waals surface area contributed by atoms with Gasteiger partial charge in [-0.2, -0.15) is 11.8 Å². The number of hydrogen-bond acceptors (Lipinski definition) is 4. The Balaban J connectivity index is 2.72. The summed E-state index contributed by atoms with van der Waals surface area (Å²) in [5.41, 5.74) is 6.36. The fourth-order valence-corrected chi connectivity index (χ4v) is 2.07. The molecule has 0 saturated carbocycles. The van der Waals surface area contributed by atoms with E-state index in [1.54, 1.807) is 24.0 Å². The highest BCUT2D eigenvalue weighted by Gasteiger charge is 2.07. The molecule has 88 valence electrons. The highest BCUT2D eigenvalue weighted by atomic mass is 32.2. The smallest absolute Gasteiger partial charge is 0.267 e. The summed E-state index contributed by atoms with van der Waals surface area (Å²) in [6.45, 7) is 2.13. The summed E-state index contributed by atoms with van der Waals surface area (Å²) >= 11 is 1.79. The van der Waals surface area contributed by atoms with Crippen molar-refractivity contribution in [1.82, 2.24) is 4.98 Å². The van der Waals surface area contributed by atoms with Gasteiger partial charge in [0.25, 0.3) is 5.91 Å². The second-order valence-corrected chi connectivity index (χ2v) is 4.41. The van der Waals surface area contributed by atoms with Gasteiger partial charge in [0.1, 0.15) is 5.69 Å². The fourth-order valence-electron chi connectivity index (χ4n) is 1.35. The average Bonchev–Trinajstić information content (AvgIpc) is 2.29. The third-order valence-electron chi connectivity index (χ3n) is 2.24. The van der Waals surface area contributed by atoms with E-state index in [-0.39, 0.29) is 0 Å². The average molecular weight is 239 g/mol. The van der Waals surface area contributed by atoms with Crippen molar-refractivity contribution in [2.75, 3.05) is 17.3 Å². The molecule has 0 saturated heterocycles. The van der Waals surface area contributed by atoms with Crippen molar-refractivity contribution >= 4 is 23.4 Å². The number of nitrogens with one attached hydrogen (secondary N) is 1. The topological polar surface area (TPSA) is 68.0 Å². The molecule has 1 unspecified atom stereocenters. The van der Waals surface area contributed by atoms with Crippen LogP contribution in [0, 0.1) is 0 Å². The Hall–Kier alpha value is -1.23. The van der Waals surface area contributed by atoms with Gasteiger partial charge in [0.2, 0.25) is 0 Å². The number of nitrogens with zero attached hydrogens (tertiary/aromatic N) is 1. The highest BCUT2D eigenvalue weighted by Crippen LogP contribution is 2.12. The first-order valence-electron chi connectivity index (χ1n) is 5.18. The van der Waals surface area contributed by atoms with Gasteiger partial charge in [0.15, 0.2) is 0 Å². The van der Waals surface area contributed by atoms with Gasteiger partial charge in [-0.15, -0.1) is 0 Å². The van der Waals surface area contributed by atoms with E-state index in [1.165, 1.54) is 0 Å². The lowest BCUT2D eigenvalue weighted by Crippen LogP contribution is -2.21. The minimum atomic E-state index is -0.499. The van der Waals surface area contributed by atoms with Gasteiger partial charge in [-0.25, -0.2) is 0 Å². The molecule has 1 aromatic rings. The molecular weight excluding hydrogens is 222 g/mol. The number of carbonyl (C=O) groups excluding carboxylic acids is 1. The molecule has 0 aliphatic heterocycles. The van der Waals surface area contributed by atoms with Crippen molar-refractivity contribution in [3.8, 4) is 0 Å². The molecule has 0 radical (unpaired) electrons. The second kappa shape index (κ2) is 6.37. The summed E-state index contributed by atoms with van der Waals surface area (Å²) in [7, 11) is 0. The first kappa shape index (κ1) is 12.8. The number of rotatable bonds is 6. The molecule has 1 atom stereocenters. The van der Waals surface area contributed by atoms with Crippen molar-refractivity contribution in [2.45, 2.75) is 19.4 Å². The van der Waals surface area contributed by atoms with E-state index in [0.717, 1.165) is 17.9 Å². The molecule has 1 rings (SSSR count). The molecule has 4 nitrogen and oxygen atoms in total. The molecular formula is C11H17N3OS. The molecule has 1 heterocycles. The van der Waals surface area contributed by atoms with Crippen LogP contribution >= 0.6 is 11.8 Å². The van der Waals surface area contributed by atoms with Crippen LogP contribution in [0.4, 0.5) is 5.69 Å². The van der Waals surface area contributed by atoms with Crippen LogP contribution in [0.3, 0.4) is 0 Å². The van der Waals surface area contributed by atoms with Crippen LogP contribution in [-0.2, 0) is 0 Å². The largest absolute Gasteiger partial charge is 0.381 e. The van der Waals surface area contributed by atoms with Gasteiger partial charge in [-0.1, -0.05) is 6.92 Å². The summed E-state index contributed by atoms with van der Waals surface area (Å²) in [4.78, 5) is 14.9. The van der Waals surface area contributed by atoms with E-state index in [2.05, 4.69) is 23.5 Å². The summed E-state index contributed by atoms with van der Waals surface area (Å²) in [6.07, 6.45) is 4.70. The summed E-state index contributed by atoms with van der Waals surface area (Å²) in [5.74, 6) is 0.534. The molecule has 0 bridgehead atoms. The van der Waals surface area contributed by atoms with Crippen molar-refractivity contribution < 1.29 is 4.79 Å². The number of aromatic nitrogens is 1. The summed E-state index contributed by atoms with van der Waals surface area (Å²) in [6, 6.07) is 3.93. The Morgan fingerprint density at radius 1 is 1.69 bits per heavy atom.